The van der Waals surface area contributed by atoms with Crippen LogP contribution >= 0.6 is 11.3 Å². The lowest BCUT2D eigenvalue weighted by atomic mass is 10.1. The fourth-order valence-electron chi connectivity index (χ4n) is 4.48. The standard InChI is InChI=1S/C28H22F6N8O5S/c29-27(30,31)26(45)47-42(15-18-5-1-2-10-35-18)25(44)24-40-39-23(48-24)17-9-11-41(14-17)21-8-7-20(37-38-21)36-22(43)13-16-4-3-6-19(12-16)46-28(32,33)34/h1-8,10,12,17H,9,11,13-15H2,(H,36,37,43). The number of anilines is 2. The molecule has 48 heavy (non-hydrogen) atoms. The molecule has 13 nitrogen and oxygen atoms in total. The number of hydrogen-bond acceptors (Lipinski definition) is 12. The number of pyridine rings is 1. The molecule has 0 saturated carbocycles. The SMILES string of the molecule is O=C(Cc1cccc(OC(F)(F)F)c1)Nc1ccc(N2CCC(c3nnc(C(=O)N(Cc4ccccn4)OC(=O)C(F)(F)F)s3)C2)nn1. The normalized spacial score (nSPS) is 14.8. The Labute approximate surface area is 270 Å². The number of nitrogens with one attached hydrogen (secondary N) is 1. The number of halogens is 6. The summed E-state index contributed by atoms with van der Waals surface area (Å²) in [5, 5.41) is 18.9. The molecule has 4 aromatic rings. The maximum absolute atomic E-state index is 13.1. The van der Waals surface area contributed by atoms with Gasteiger partial charge in [0.2, 0.25) is 10.9 Å². The van der Waals surface area contributed by atoms with Gasteiger partial charge in [0.05, 0.1) is 12.1 Å². The molecular formula is C28H22F6N8O5S. The third-order valence-electron chi connectivity index (χ3n) is 6.58. The van der Waals surface area contributed by atoms with E-state index in [1.807, 2.05) is 4.90 Å². The van der Waals surface area contributed by atoms with Gasteiger partial charge in [0.15, 0.2) is 11.6 Å². The van der Waals surface area contributed by atoms with E-state index in [9.17, 15) is 40.7 Å². The molecule has 3 aromatic heterocycles. The predicted molar refractivity (Wildman–Crippen MR) is 153 cm³/mol. The Morgan fingerprint density at radius 1 is 0.979 bits per heavy atom. The minimum atomic E-state index is -5.35. The van der Waals surface area contributed by atoms with Crippen LogP contribution in [0, 0.1) is 0 Å². The van der Waals surface area contributed by atoms with Gasteiger partial charge in [-0.3, -0.25) is 14.6 Å². The van der Waals surface area contributed by atoms with Crippen molar-refractivity contribution in [3.63, 3.8) is 0 Å². The third-order valence-corrected chi connectivity index (χ3v) is 7.66. The summed E-state index contributed by atoms with van der Waals surface area (Å²) in [6.45, 7) is 0.312. The van der Waals surface area contributed by atoms with Crippen molar-refractivity contribution in [3.8, 4) is 5.75 Å². The van der Waals surface area contributed by atoms with Crippen LogP contribution in [0.1, 0.15) is 38.4 Å². The molecular weight excluding hydrogens is 674 g/mol. The zero-order chi connectivity index (χ0) is 34.5. The molecule has 0 aliphatic carbocycles. The topological polar surface area (TPSA) is 153 Å². The number of hydrogen-bond donors (Lipinski definition) is 1. The molecule has 0 radical (unpaired) electrons. The highest BCUT2D eigenvalue weighted by molar-refractivity contribution is 7.13. The third kappa shape index (κ3) is 9.11. The lowest BCUT2D eigenvalue weighted by Gasteiger charge is -2.20. The van der Waals surface area contributed by atoms with Crippen molar-refractivity contribution in [2.24, 2.45) is 0 Å². The molecule has 0 bridgehead atoms. The van der Waals surface area contributed by atoms with Crippen LogP contribution in [0.2, 0.25) is 0 Å². The zero-order valence-corrected chi connectivity index (χ0v) is 25.1. The molecule has 1 N–H and O–H groups in total. The second-order valence-electron chi connectivity index (χ2n) is 10.1. The molecule has 1 aliphatic heterocycles. The maximum Gasteiger partial charge on any atom is 0.573 e. The van der Waals surface area contributed by atoms with E-state index in [1.165, 1.54) is 30.5 Å². The highest BCUT2D eigenvalue weighted by Crippen LogP contribution is 2.32. The van der Waals surface area contributed by atoms with Gasteiger partial charge in [-0.2, -0.15) is 18.2 Å². The Hall–Kier alpha value is -5.40. The number of carbonyl (C=O) groups is 3. The van der Waals surface area contributed by atoms with E-state index in [0.717, 1.165) is 23.5 Å². The van der Waals surface area contributed by atoms with Crippen LogP contribution in [-0.4, -0.2) is 73.9 Å². The van der Waals surface area contributed by atoms with Crippen molar-refractivity contribution in [2.45, 2.75) is 37.8 Å². The molecule has 1 saturated heterocycles. The quantitative estimate of drug-likeness (QED) is 0.195. The number of alkyl halides is 6. The van der Waals surface area contributed by atoms with Crippen molar-refractivity contribution < 1.29 is 50.3 Å². The first-order valence-electron chi connectivity index (χ1n) is 13.8. The summed E-state index contributed by atoms with van der Waals surface area (Å²) >= 11 is 0.842. The largest absolute Gasteiger partial charge is 0.573 e. The molecule has 2 amide bonds. The Morgan fingerprint density at radius 3 is 2.48 bits per heavy atom. The van der Waals surface area contributed by atoms with Gasteiger partial charge in [0, 0.05) is 25.2 Å². The van der Waals surface area contributed by atoms with Gasteiger partial charge in [-0.25, -0.2) is 4.79 Å². The Kier molecular flexibility index (Phi) is 10.0. The molecule has 1 atom stereocenters. The molecule has 1 unspecified atom stereocenters. The number of ether oxygens (including phenoxy) is 1. The maximum atomic E-state index is 13.1. The molecule has 1 aromatic carbocycles. The first-order chi connectivity index (χ1) is 22.7. The summed E-state index contributed by atoms with van der Waals surface area (Å²) in [4.78, 5) is 47.2. The van der Waals surface area contributed by atoms with E-state index in [2.05, 4.69) is 40.3 Å². The predicted octanol–water partition coefficient (Wildman–Crippen LogP) is 4.46. The summed E-state index contributed by atoms with van der Waals surface area (Å²) in [6, 6.07) is 12.7. The highest BCUT2D eigenvalue weighted by Gasteiger charge is 2.44. The van der Waals surface area contributed by atoms with Crippen molar-refractivity contribution >= 4 is 40.8 Å². The minimum absolute atomic E-state index is 0.107. The summed E-state index contributed by atoms with van der Waals surface area (Å²) in [6.07, 6.45) is -8.54. The van der Waals surface area contributed by atoms with Crippen LogP contribution in [0.3, 0.4) is 0 Å². The lowest BCUT2D eigenvalue weighted by Crippen LogP contribution is -2.38. The molecule has 1 fully saturated rings. The van der Waals surface area contributed by atoms with Gasteiger partial charge < -0.3 is 19.8 Å². The minimum Gasteiger partial charge on any atom is -0.406 e. The second-order valence-corrected chi connectivity index (χ2v) is 11.1. The van der Waals surface area contributed by atoms with E-state index < -0.39 is 42.6 Å². The monoisotopic (exact) mass is 696 g/mol. The summed E-state index contributed by atoms with van der Waals surface area (Å²) < 4.78 is 80.0. The number of rotatable bonds is 9. The smallest absolute Gasteiger partial charge is 0.406 e. The fraction of sp³-hybridized carbons (Fsp3) is 0.286. The van der Waals surface area contributed by atoms with Crippen molar-refractivity contribution in [3.05, 3.63) is 82.1 Å². The van der Waals surface area contributed by atoms with E-state index in [1.54, 1.807) is 18.2 Å². The first-order valence-corrected chi connectivity index (χ1v) is 14.6. The molecule has 0 spiro atoms. The number of benzene rings is 1. The number of aromatic nitrogens is 5. The van der Waals surface area contributed by atoms with E-state index in [4.69, 9.17) is 0 Å². The van der Waals surface area contributed by atoms with E-state index >= 15 is 0 Å². The zero-order valence-electron chi connectivity index (χ0n) is 24.2. The van der Waals surface area contributed by atoms with Gasteiger partial charge in [-0.1, -0.05) is 29.5 Å². The number of amides is 2. The first kappa shape index (κ1) is 33.9. The van der Waals surface area contributed by atoms with Crippen molar-refractivity contribution in [1.82, 2.24) is 30.4 Å². The van der Waals surface area contributed by atoms with E-state index in [-0.39, 0.29) is 39.5 Å². The average molecular weight is 697 g/mol. The molecule has 1 aliphatic rings. The number of hydroxylamine groups is 2. The van der Waals surface area contributed by atoms with Crippen LogP contribution in [-0.2, 0) is 27.4 Å². The lowest BCUT2D eigenvalue weighted by molar-refractivity contribution is -0.274. The Balaban J connectivity index is 1.18. The number of carbonyl (C=O) groups excluding carboxylic acids is 3. The van der Waals surface area contributed by atoms with Gasteiger partial charge in [0.1, 0.15) is 17.3 Å². The molecule has 5 rings (SSSR count). The van der Waals surface area contributed by atoms with Crippen molar-refractivity contribution in [1.29, 1.82) is 0 Å². The Morgan fingerprint density at radius 2 is 1.79 bits per heavy atom. The second kappa shape index (κ2) is 14.2. The van der Waals surface area contributed by atoms with Gasteiger partial charge in [-0.05, 0) is 48.4 Å². The van der Waals surface area contributed by atoms with Crippen molar-refractivity contribution in [2.75, 3.05) is 23.3 Å². The highest BCUT2D eigenvalue weighted by atomic mass is 32.1. The average Bonchev–Trinajstić information content (AvgIpc) is 3.71. The fourth-order valence-corrected chi connectivity index (χ4v) is 5.39. The number of nitrogens with zero attached hydrogens (tertiary/aromatic N) is 7. The van der Waals surface area contributed by atoms with Crippen LogP contribution in [0.15, 0.2) is 60.8 Å². The van der Waals surface area contributed by atoms with Gasteiger partial charge >= 0.3 is 24.4 Å². The Bertz CT molecular complexity index is 1760. The molecule has 20 heteroatoms. The van der Waals surface area contributed by atoms with Crippen LogP contribution in [0.25, 0.3) is 0 Å². The summed E-state index contributed by atoms with van der Waals surface area (Å²) in [7, 11) is 0. The van der Waals surface area contributed by atoms with Gasteiger partial charge in [0.25, 0.3) is 0 Å². The van der Waals surface area contributed by atoms with Crippen LogP contribution < -0.4 is 15.0 Å². The summed E-state index contributed by atoms with van der Waals surface area (Å²) in [5.74, 6) is -4.36. The van der Waals surface area contributed by atoms with E-state index in [0.29, 0.717) is 30.3 Å². The van der Waals surface area contributed by atoms with Crippen LogP contribution in [0.4, 0.5) is 38.0 Å². The van der Waals surface area contributed by atoms with Gasteiger partial charge in [-0.15, -0.1) is 33.6 Å². The molecule has 252 valence electrons. The molecule has 4 heterocycles. The summed E-state index contributed by atoms with van der Waals surface area (Å²) in [5.41, 5.74) is 0.445. The van der Waals surface area contributed by atoms with Crippen LogP contribution in [0.5, 0.6) is 5.75 Å².